The maximum atomic E-state index is 13.2. The van der Waals surface area contributed by atoms with E-state index in [1.165, 1.54) is 0 Å². The molecule has 3 nitrogen and oxygen atoms in total. The number of benzene rings is 1. The first kappa shape index (κ1) is 12.4. The fraction of sp³-hybridized carbons (Fsp3) is 0.400. The van der Waals surface area contributed by atoms with Crippen LogP contribution in [-0.2, 0) is 0 Å². The summed E-state index contributed by atoms with van der Waals surface area (Å²) in [5, 5.41) is 19.2. The number of aromatic hydroxyl groups is 1. The second-order valence-corrected chi connectivity index (χ2v) is 4.39. The molecular weight excluding hydrogens is 265 g/mol. The third-order valence-electron chi connectivity index (χ3n) is 2.29. The maximum Gasteiger partial charge on any atom is 0.166 e. The van der Waals surface area contributed by atoms with E-state index in [1.54, 1.807) is 13.8 Å². The number of phenols is 1. The van der Waals surface area contributed by atoms with Crippen molar-refractivity contribution >= 4 is 15.9 Å². The van der Waals surface area contributed by atoms with Crippen molar-refractivity contribution < 1.29 is 14.6 Å². The quantitative estimate of drug-likeness (QED) is 0.775. The van der Waals surface area contributed by atoms with E-state index >= 15 is 0 Å². The third-order valence-corrected chi connectivity index (χ3v) is 3.11. The maximum absolute atomic E-state index is 13.2. The van der Waals surface area contributed by atoms with Gasteiger partial charge in [0.15, 0.2) is 11.6 Å². The molecule has 0 aliphatic carbocycles. The average Bonchev–Trinajstić information content (AvgIpc) is 2.15. The van der Waals surface area contributed by atoms with Gasteiger partial charge in [0.1, 0.15) is 0 Å². The van der Waals surface area contributed by atoms with Gasteiger partial charge in [0, 0.05) is 16.1 Å². The monoisotopic (exact) mass is 277 g/mol. The standard InChI is InChI=1S/C10H13BrFNO2/c1-4-6(11)3-7(12)10(15)8(4)9(14)5(2)13/h3,5,9,14-15H,13H2,1-2H3. The van der Waals surface area contributed by atoms with Crippen LogP contribution in [0.15, 0.2) is 10.5 Å². The Bertz CT molecular complexity index is 356. The summed E-state index contributed by atoms with van der Waals surface area (Å²) >= 11 is 3.15. The topological polar surface area (TPSA) is 66.5 Å². The molecule has 0 fully saturated rings. The molecule has 0 spiro atoms. The highest BCUT2D eigenvalue weighted by Crippen LogP contribution is 2.35. The van der Waals surface area contributed by atoms with Gasteiger partial charge in [0.2, 0.25) is 0 Å². The van der Waals surface area contributed by atoms with Crippen molar-refractivity contribution in [2.24, 2.45) is 5.73 Å². The van der Waals surface area contributed by atoms with Crippen LogP contribution < -0.4 is 5.73 Å². The van der Waals surface area contributed by atoms with Crippen molar-refractivity contribution in [3.63, 3.8) is 0 Å². The predicted molar refractivity (Wildman–Crippen MR) is 59.1 cm³/mol. The van der Waals surface area contributed by atoms with Gasteiger partial charge < -0.3 is 15.9 Å². The molecule has 0 aliphatic rings. The molecule has 0 amide bonds. The Morgan fingerprint density at radius 3 is 2.53 bits per heavy atom. The fourth-order valence-electron chi connectivity index (χ4n) is 1.35. The zero-order valence-electron chi connectivity index (χ0n) is 8.46. The third kappa shape index (κ3) is 2.30. The smallest absolute Gasteiger partial charge is 0.166 e. The SMILES string of the molecule is Cc1c(Br)cc(F)c(O)c1C(O)C(C)N. The Kier molecular flexibility index (Phi) is 3.70. The zero-order chi connectivity index (χ0) is 11.7. The van der Waals surface area contributed by atoms with Crippen LogP contribution in [-0.4, -0.2) is 16.3 Å². The van der Waals surface area contributed by atoms with Crippen LogP contribution >= 0.6 is 15.9 Å². The van der Waals surface area contributed by atoms with Gasteiger partial charge in [-0.2, -0.15) is 0 Å². The first-order valence-corrected chi connectivity index (χ1v) is 5.26. The second kappa shape index (κ2) is 4.47. The summed E-state index contributed by atoms with van der Waals surface area (Å²) in [4.78, 5) is 0. The Balaban J connectivity index is 3.39. The Labute approximate surface area is 95.9 Å². The Morgan fingerprint density at radius 1 is 1.53 bits per heavy atom. The summed E-state index contributed by atoms with van der Waals surface area (Å²) in [6.45, 7) is 3.26. The number of aliphatic hydroxyl groups is 1. The van der Waals surface area contributed by atoms with Crippen molar-refractivity contribution in [3.8, 4) is 5.75 Å². The van der Waals surface area contributed by atoms with E-state index < -0.39 is 23.7 Å². The van der Waals surface area contributed by atoms with Crippen molar-refractivity contribution in [2.45, 2.75) is 26.0 Å². The van der Waals surface area contributed by atoms with Crippen LogP contribution in [0.3, 0.4) is 0 Å². The number of nitrogens with two attached hydrogens (primary N) is 1. The van der Waals surface area contributed by atoms with E-state index in [-0.39, 0.29) is 5.56 Å². The molecule has 1 rings (SSSR count). The number of rotatable bonds is 2. The summed E-state index contributed by atoms with van der Waals surface area (Å²) in [6.07, 6.45) is -1.09. The highest BCUT2D eigenvalue weighted by atomic mass is 79.9. The van der Waals surface area contributed by atoms with Crippen LogP contribution in [0.2, 0.25) is 0 Å². The molecule has 5 heteroatoms. The average molecular weight is 278 g/mol. The number of phenolic OH excluding ortho intramolecular Hbond substituents is 1. The molecule has 0 saturated carbocycles. The van der Waals surface area contributed by atoms with E-state index in [0.29, 0.717) is 10.0 Å². The van der Waals surface area contributed by atoms with Gasteiger partial charge in [-0.25, -0.2) is 4.39 Å². The second-order valence-electron chi connectivity index (χ2n) is 3.53. The molecule has 0 saturated heterocycles. The van der Waals surface area contributed by atoms with Gasteiger partial charge in [-0.05, 0) is 25.5 Å². The lowest BCUT2D eigenvalue weighted by Gasteiger charge is -2.19. The van der Waals surface area contributed by atoms with Crippen LogP contribution in [0.25, 0.3) is 0 Å². The Morgan fingerprint density at radius 2 is 2.07 bits per heavy atom. The van der Waals surface area contributed by atoms with Gasteiger partial charge in [-0.1, -0.05) is 15.9 Å². The molecule has 0 aromatic heterocycles. The van der Waals surface area contributed by atoms with Gasteiger partial charge in [0.25, 0.3) is 0 Å². The molecule has 0 heterocycles. The van der Waals surface area contributed by atoms with E-state index in [4.69, 9.17) is 5.73 Å². The summed E-state index contributed by atoms with van der Waals surface area (Å²) < 4.78 is 13.7. The van der Waals surface area contributed by atoms with Crippen molar-refractivity contribution in [2.75, 3.05) is 0 Å². The van der Waals surface area contributed by atoms with Gasteiger partial charge in [-0.15, -0.1) is 0 Å². The molecule has 0 bridgehead atoms. The molecule has 0 aliphatic heterocycles. The van der Waals surface area contributed by atoms with Crippen LogP contribution in [0.4, 0.5) is 4.39 Å². The van der Waals surface area contributed by atoms with Crippen molar-refractivity contribution in [1.29, 1.82) is 0 Å². The first-order chi connectivity index (χ1) is 6.86. The number of hydrogen-bond donors (Lipinski definition) is 3. The largest absolute Gasteiger partial charge is 0.505 e. The summed E-state index contributed by atoms with van der Waals surface area (Å²) in [7, 11) is 0. The Hall–Kier alpha value is -0.650. The van der Waals surface area contributed by atoms with E-state index in [0.717, 1.165) is 6.07 Å². The molecule has 2 atom stereocenters. The van der Waals surface area contributed by atoms with Crippen molar-refractivity contribution in [1.82, 2.24) is 0 Å². The zero-order valence-corrected chi connectivity index (χ0v) is 10.0. The summed E-state index contributed by atoms with van der Waals surface area (Å²) in [5.41, 5.74) is 6.23. The van der Waals surface area contributed by atoms with Gasteiger partial charge in [0.05, 0.1) is 6.10 Å². The van der Waals surface area contributed by atoms with Crippen molar-refractivity contribution in [3.05, 3.63) is 27.5 Å². The minimum absolute atomic E-state index is 0.136. The number of aliphatic hydroxyl groups excluding tert-OH is 1. The molecule has 1 aromatic carbocycles. The fourth-order valence-corrected chi connectivity index (χ4v) is 1.76. The number of hydrogen-bond acceptors (Lipinski definition) is 3. The van der Waals surface area contributed by atoms with Crippen LogP contribution in [0.1, 0.15) is 24.2 Å². The molecule has 84 valence electrons. The van der Waals surface area contributed by atoms with E-state index in [1.807, 2.05) is 0 Å². The molecule has 1 aromatic rings. The van der Waals surface area contributed by atoms with Gasteiger partial charge in [-0.3, -0.25) is 0 Å². The first-order valence-electron chi connectivity index (χ1n) is 4.47. The predicted octanol–water partition coefficient (Wildman–Crippen LogP) is 1.98. The molecule has 2 unspecified atom stereocenters. The minimum atomic E-state index is -1.09. The molecular formula is C10H13BrFNO2. The normalized spacial score (nSPS) is 15.1. The highest BCUT2D eigenvalue weighted by molar-refractivity contribution is 9.10. The lowest BCUT2D eigenvalue weighted by atomic mass is 9.98. The van der Waals surface area contributed by atoms with Crippen LogP contribution in [0, 0.1) is 12.7 Å². The molecule has 4 N–H and O–H groups in total. The lowest BCUT2D eigenvalue weighted by molar-refractivity contribution is 0.148. The highest BCUT2D eigenvalue weighted by Gasteiger charge is 2.22. The van der Waals surface area contributed by atoms with E-state index in [2.05, 4.69) is 15.9 Å². The molecule has 15 heavy (non-hydrogen) atoms. The van der Waals surface area contributed by atoms with Gasteiger partial charge >= 0.3 is 0 Å². The minimum Gasteiger partial charge on any atom is -0.505 e. The summed E-state index contributed by atoms with van der Waals surface area (Å²) in [5.74, 6) is -1.32. The number of halogens is 2. The lowest BCUT2D eigenvalue weighted by Crippen LogP contribution is -2.25. The van der Waals surface area contributed by atoms with Crippen LogP contribution in [0.5, 0.6) is 5.75 Å². The summed E-state index contributed by atoms with van der Waals surface area (Å²) in [6, 6.07) is 0.575. The van der Waals surface area contributed by atoms with E-state index in [9.17, 15) is 14.6 Å². The molecule has 0 radical (unpaired) electrons.